The van der Waals surface area contributed by atoms with Gasteiger partial charge in [0.2, 0.25) is 5.91 Å². The third kappa shape index (κ3) is 10.5. The fraction of sp³-hybridized carbons (Fsp3) is 0.442. The summed E-state index contributed by atoms with van der Waals surface area (Å²) in [5.41, 5.74) is 5.39. The highest BCUT2D eigenvalue weighted by molar-refractivity contribution is 5.97. The molecule has 346 valence electrons. The Hall–Kier alpha value is -5.73. The number of carbonyl (C=O) groups excluding carboxylic acids is 3. The van der Waals surface area contributed by atoms with E-state index in [1.807, 2.05) is 93.8 Å². The lowest BCUT2D eigenvalue weighted by atomic mass is 9.45. The lowest BCUT2D eigenvalue weighted by Gasteiger charge is -2.62. The Labute approximate surface area is 384 Å². The van der Waals surface area contributed by atoms with Crippen molar-refractivity contribution in [3.8, 4) is 16.9 Å². The molecule has 13 nitrogen and oxygen atoms in total. The zero-order valence-electron chi connectivity index (χ0n) is 39.0. The van der Waals surface area contributed by atoms with Crippen molar-refractivity contribution in [3.05, 3.63) is 126 Å². The summed E-state index contributed by atoms with van der Waals surface area (Å²) < 4.78 is 11.9. The fourth-order valence-electron chi connectivity index (χ4n) is 10.4. The number of rotatable bonds is 17. The normalized spacial score (nSPS) is 23.8. The highest BCUT2D eigenvalue weighted by atomic mass is 16.7. The molecular formula is C52H66N6O7. The molecule has 4 aliphatic rings. The summed E-state index contributed by atoms with van der Waals surface area (Å²) in [6.45, 7) is 11.2. The molecule has 0 aromatic heterocycles. The third-order valence-electron chi connectivity index (χ3n) is 13.9. The number of nitrogens with one attached hydrogen (secondary N) is 3. The highest BCUT2D eigenvalue weighted by Gasteiger charge is 2.57. The summed E-state index contributed by atoms with van der Waals surface area (Å²) in [6, 6.07) is 29.3. The number of benzene rings is 4. The number of aliphatic hydroxyl groups is 1. The van der Waals surface area contributed by atoms with Crippen LogP contribution in [-0.2, 0) is 27.3 Å². The number of nitrogens with zero attached hydrogens (tertiary/aromatic N) is 3. The monoisotopic (exact) mass is 886 g/mol. The number of para-hydroxylation sites is 2. The molecule has 4 aromatic carbocycles. The first-order valence-electron chi connectivity index (χ1n) is 22.6. The Morgan fingerprint density at radius 2 is 1.66 bits per heavy atom. The number of hydroxylamine groups is 2. The Kier molecular flexibility index (Phi) is 14.7. The Morgan fingerprint density at radius 1 is 0.954 bits per heavy atom. The third-order valence-corrected chi connectivity index (χ3v) is 13.9. The van der Waals surface area contributed by atoms with E-state index in [2.05, 4.69) is 60.3 Å². The first-order valence-corrected chi connectivity index (χ1v) is 22.6. The number of fused-ring (bicyclic) bond motifs is 2. The predicted octanol–water partition coefficient (Wildman–Crippen LogP) is 7.37. The first kappa shape index (κ1) is 47.2. The standard InChI is InChI=1S/C52H66N6O7/c1-32-43-27-38(52(43,3)4)28-44(32)55-50(61)47-46(33(2)64-51(62)54-39-20-14-11-15-21-39)45(31-59)65-58(47)29-35-19-16-22-42(48(35)63-9)36-24-37(26-41(25-36)57(7)8)49(60)53-40(30-56(5)6)23-34-17-12-10-13-18-34/h10-22,24-26,32,38,40,43-47,59H,2,23,27-31H2,1,3-9H3,(H,53,60)(H,54,62)(H,55,61)/t32-,38+,40?,43-,44-,45-,46+,47-/m0/s1. The van der Waals surface area contributed by atoms with Gasteiger partial charge in [0, 0.05) is 60.8 Å². The molecule has 8 rings (SSSR count). The van der Waals surface area contributed by atoms with Crippen LogP contribution in [0.1, 0.15) is 55.1 Å². The van der Waals surface area contributed by atoms with E-state index >= 15 is 0 Å². The van der Waals surface area contributed by atoms with Gasteiger partial charge in [0.05, 0.1) is 26.2 Å². The first-order chi connectivity index (χ1) is 31.1. The van der Waals surface area contributed by atoms with Gasteiger partial charge in [0.25, 0.3) is 5.91 Å². The molecular weight excluding hydrogens is 821 g/mol. The van der Waals surface area contributed by atoms with E-state index in [-0.39, 0.29) is 47.5 Å². The summed E-state index contributed by atoms with van der Waals surface area (Å²) in [4.78, 5) is 52.6. The number of anilines is 2. The van der Waals surface area contributed by atoms with E-state index in [9.17, 15) is 19.5 Å². The lowest BCUT2D eigenvalue weighted by molar-refractivity contribution is -0.183. The molecule has 4 N–H and O–H groups in total. The molecule has 0 spiro atoms. The van der Waals surface area contributed by atoms with Gasteiger partial charge >= 0.3 is 6.09 Å². The molecule has 13 heteroatoms. The van der Waals surface area contributed by atoms with Crippen LogP contribution in [0.15, 0.2) is 109 Å². The van der Waals surface area contributed by atoms with E-state index in [0.29, 0.717) is 47.4 Å². The van der Waals surface area contributed by atoms with Gasteiger partial charge in [0.15, 0.2) is 0 Å². The molecule has 4 fully saturated rings. The second kappa shape index (κ2) is 20.2. The van der Waals surface area contributed by atoms with E-state index in [1.165, 1.54) is 0 Å². The number of hydrogen-bond acceptors (Lipinski definition) is 10. The van der Waals surface area contributed by atoms with Crippen molar-refractivity contribution < 1.29 is 33.8 Å². The number of hydrogen-bond donors (Lipinski definition) is 4. The molecule has 8 atom stereocenters. The summed E-state index contributed by atoms with van der Waals surface area (Å²) in [7, 11) is 9.45. The number of aliphatic hydroxyl groups excluding tert-OH is 1. The minimum absolute atomic E-state index is 0.00980. The summed E-state index contributed by atoms with van der Waals surface area (Å²) in [6.07, 6.45) is 0.964. The number of likely N-dealkylation sites (N-methyl/N-ethyl adjacent to an activating group) is 1. The fourth-order valence-corrected chi connectivity index (χ4v) is 10.4. The zero-order chi connectivity index (χ0) is 46.6. The van der Waals surface area contributed by atoms with Crippen LogP contribution in [0.4, 0.5) is 16.2 Å². The van der Waals surface area contributed by atoms with E-state index in [1.54, 1.807) is 36.4 Å². The van der Waals surface area contributed by atoms with Gasteiger partial charge in [-0.2, -0.15) is 5.06 Å². The molecule has 4 aromatic rings. The van der Waals surface area contributed by atoms with Crippen LogP contribution in [-0.4, -0.2) is 106 Å². The average Bonchev–Trinajstić information content (AvgIpc) is 3.65. The van der Waals surface area contributed by atoms with Gasteiger partial charge in [0.1, 0.15) is 23.7 Å². The zero-order valence-corrected chi connectivity index (χ0v) is 39.0. The van der Waals surface area contributed by atoms with Gasteiger partial charge in [-0.25, -0.2) is 4.79 Å². The summed E-state index contributed by atoms with van der Waals surface area (Å²) in [5.74, 6) is 0.340. The number of carbonyl (C=O) groups is 3. The van der Waals surface area contributed by atoms with E-state index in [0.717, 1.165) is 35.2 Å². The van der Waals surface area contributed by atoms with E-state index < -0.39 is 30.8 Å². The molecule has 65 heavy (non-hydrogen) atoms. The summed E-state index contributed by atoms with van der Waals surface area (Å²) >= 11 is 0. The van der Waals surface area contributed by atoms with Crippen LogP contribution >= 0.6 is 0 Å². The summed E-state index contributed by atoms with van der Waals surface area (Å²) in [5, 5.41) is 21.7. The molecule has 1 heterocycles. The van der Waals surface area contributed by atoms with Gasteiger partial charge in [-0.3, -0.25) is 19.7 Å². The quantitative estimate of drug-likeness (QED) is 0.0794. The molecule has 2 bridgehead atoms. The van der Waals surface area contributed by atoms with Crippen LogP contribution in [0.3, 0.4) is 0 Å². The van der Waals surface area contributed by atoms with Gasteiger partial charge < -0.3 is 35.0 Å². The van der Waals surface area contributed by atoms with Crippen molar-refractivity contribution >= 4 is 29.3 Å². The van der Waals surface area contributed by atoms with Crippen LogP contribution in [0.5, 0.6) is 5.75 Å². The maximum atomic E-state index is 14.8. The Morgan fingerprint density at radius 3 is 2.29 bits per heavy atom. The van der Waals surface area contributed by atoms with Crippen LogP contribution in [0.25, 0.3) is 11.1 Å². The number of methoxy groups -OCH3 is 1. The topological polar surface area (TPSA) is 145 Å². The minimum atomic E-state index is -1.03. The van der Waals surface area contributed by atoms with Crippen molar-refractivity contribution in [2.75, 3.05) is 58.7 Å². The molecule has 0 radical (unpaired) electrons. The van der Waals surface area contributed by atoms with Crippen LogP contribution in [0.2, 0.25) is 0 Å². The molecule has 3 saturated carbocycles. The average molecular weight is 887 g/mol. The SMILES string of the molecule is C=C(OC(=O)Nc1ccccc1)[C@@H]1[C@H](CO)ON(Cc2cccc(-c3cc(C(=O)NC(Cc4ccccc4)CN(C)C)cc(N(C)C)c3)c2OC)[C@@H]1C(=O)N[C@H]1C[C@H]2C[C@@H]([C@@H]1C)C2(C)C. The molecule has 1 unspecified atom stereocenters. The van der Waals surface area contributed by atoms with Crippen molar-refractivity contribution in [3.63, 3.8) is 0 Å². The van der Waals surface area contributed by atoms with Crippen molar-refractivity contribution in [2.45, 2.75) is 70.8 Å². The number of amides is 3. The van der Waals surface area contributed by atoms with Crippen LogP contribution < -0.4 is 25.6 Å². The molecule has 3 aliphatic carbocycles. The van der Waals surface area contributed by atoms with Gasteiger partial charge in [-0.05, 0) is 98.0 Å². The second-order valence-corrected chi connectivity index (χ2v) is 19.1. The van der Waals surface area contributed by atoms with Gasteiger partial charge in [-0.1, -0.05) is 94.1 Å². The maximum Gasteiger partial charge on any atom is 0.416 e. The molecule has 1 aliphatic heterocycles. The predicted molar refractivity (Wildman–Crippen MR) is 254 cm³/mol. The largest absolute Gasteiger partial charge is 0.496 e. The van der Waals surface area contributed by atoms with E-state index in [4.69, 9.17) is 14.3 Å². The lowest BCUT2D eigenvalue weighted by Crippen LogP contribution is -2.62. The van der Waals surface area contributed by atoms with Crippen molar-refractivity contribution in [1.82, 2.24) is 20.6 Å². The highest BCUT2D eigenvalue weighted by Crippen LogP contribution is 2.61. The smallest absolute Gasteiger partial charge is 0.416 e. The second-order valence-electron chi connectivity index (χ2n) is 19.1. The van der Waals surface area contributed by atoms with Crippen molar-refractivity contribution in [1.29, 1.82) is 0 Å². The number of ether oxygens (including phenoxy) is 2. The molecule has 3 amide bonds. The minimum Gasteiger partial charge on any atom is -0.496 e. The van der Waals surface area contributed by atoms with Crippen LogP contribution in [0, 0.1) is 29.1 Å². The Bertz CT molecular complexity index is 2320. The van der Waals surface area contributed by atoms with Gasteiger partial charge in [-0.15, -0.1) is 0 Å². The molecule has 1 saturated heterocycles. The Balaban J connectivity index is 1.19. The maximum absolute atomic E-state index is 14.8. The van der Waals surface area contributed by atoms with Crippen molar-refractivity contribution in [2.24, 2.45) is 29.1 Å².